The number of carbonyl (C=O) groups excluding carboxylic acids is 2. The number of hydrogen-bond acceptors (Lipinski definition) is 6. The lowest BCUT2D eigenvalue weighted by Gasteiger charge is -2.28. The summed E-state index contributed by atoms with van der Waals surface area (Å²) in [5, 5.41) is 3.26. The smallest absolute Gasteiger partial charge is 0.422 e. The third kappa shape index (κ3) is 6.99. The number of hydrogen-bond donors (Lipinski definition) is 1. The molecule has 2 amide bonds. The minimum Gasteiger partial charge on any atom is -0.484 e. The Morgan fingerprint density at radius 3 is 2.50 bits per heavy atom. The Morgan fingerprint density at radius 1 is 1.02 bits per heavy atom. The van der Waals surface area contributed by atoms with E-state index in [1.54, 1.807) is 24.4 Å². The zero-order valence-electron chi connectivity index (χ0n) is 24.9. The van der Waals surface area contributed by atoms with Crippen LogP contribution in [0.3, 0.4) is 0 Å². The maximum Gasteiger partial charge on any atom is 0.422 e. The average molecular weight is 742 g/mol. The van der Waals surface area contributed by atoms with Gasteiger partial charge >= 0.3 is 11.9 Å². The maximum atomic E-state index is 14.1. The molecule has 0 fully saturated rings. The molecule has 15 heteroatoms. The fraction of sp³-hybridized carbons (Fsp3) is 0.182. The first-order valence-corrected chi connectivity index (χ1v) is 15.7. The zero-order valence-corrected chi connectivity index (χ0v) is 27.2. The molecule has 10 nitrogen and oxygen atoms in total. The van der Waals surface area contributed by atoms with Crippen LogP contribution in [0.5, 0.6) is 5.75 Å². The maximum absolute atomic E-state index is 14.1. The van der Waals surface area contributed by atoms with E-state index in [1.165, 1.54) is 50.7 Å². The van der Waals surface area contributed by atoms with Crippen LogP contribution in [0.4, 0.5) is 13.2 Å². The lowest BCUT2D eigenvalue weighted by atomic mass is 10.0. The van der Waals surface area contributed by atoms with Gasteiger partial charge in [-0.3, -0.25) is 18.7 Å². The molecule has 1 aliphatic rings. The number of imidazole rings is 1. The molecule has 0 atom stereocenters. The third-order valence-corrected chi connectivity index (χ3v) is 8.89. The molecule has 48 heavy (non-hydrogen) atoms. The number of fused-ring (bicyclic) bond motifs is 1. The number of alkyl halides is 3. The standard InChI is InChI=1S/C33H25BrClF3N6O4/c34-25-10-5-20(15-26(25)35)31(46)42-13-14-43-28(17-42)29(44(32(43)47)22-6-8-23(9-7-22)48-18-33(36,37)38)30(45)40-16-21-3-1-2-4-24(21)27-11-12-39-19-41-27/h1-12,15,19H,13-14,16-18H2,(H,40,45). The van der Waals surface area contributed by atoms with Gasteiger partial charge in [-0.05, 0) is 70.0 Å². The highest BCUT2D eigenvalue weighted by Gasteiger charge is 2.33. The van der Waals surface area contributed by atoms with Crippen LogP contribution in [0.2, 0.25) is 5.02 Å². The minimum absolute atomic E-state index is 0.0187. The van der Waals surface area contributed by atoms with Crippen LogP contribution in [-0.2, 0) is 19.6 Å². The first-order chi connectivity index (χ1) is 23.0. The molecule has 3 heterocycles. The fourth-order valence-corrected chi connectivity index (χ4v) is 5.83. The quantitative estimate of drug-likeness (QED) is 0.208. The van der Waals surface area contributed by atoms with Gasteiger partial charge in [0.25, 0.3) is 11.8 Å². The van der Waals surface area contributed by atoms with Crippen LogP contribution < -0.4 is 15.7 Å². The van der Waals surface area contributed by atoms with Crippen LogP contribution in [0.1, 0.15) is 32.1 Å². The highest BCUT2D eigenvalue weighted by Crippen LogP contribution is 2.27. The van der Waals surface area contributed by atoms with Crippen molar-refractivity contribution in [2.24, 2.45) is 0 Å². The third-order valence-electron chi connectivity index (χ3n) is 7.66. The second-order valence-electron chi connectivity index (χ2n) is 10.8. The first kappa shape index (κ1) is 33.0. The van der Waals surface area contributed by atoms with Gasteiger partial charge in [0, 0.05) is 41.4 Å². The van der Waals surface area contributed by atoms with E-state index in [9.17, 15) is 27.6 Å². The summed E-state index contributed by atoms with van der Waals surface area (Å²) in [5.41, 5.74) is 2.47. The molecule has 2 aromatic heterocycles. The summed E-state index contributed by atoms with van der Waals surface area (Å²) in [6, 6.07) is 19.3. The Morgan fingerprint density at radius 2 is 1.79 bits per heavy atom. The van der Waals surface area contributed by atoms with Crippen molar-refractivity contribution in [1.29, 1.82) is 0 Å². The van der Waals surface area contributed by atoms with E-state index in [4.69, 9.17) is 16.3 Å². The summed E-state index contributed by atoms with van der Waals surface area (Å²) in [6.07, 6.45) is -1.50. The number of aromatic nitrogens is 4. The van der Waals surface area contributed by atoms with E-state index in [2.05, 4.69) is 31.2 Å². The van der Waals surface area contributed by atoms with Crippen LogP contribution in [0.15, 0.2) is 94.6 Å². The van der Waals surface area contributed by atoms with Gasteiger partial charge in [0.15, 0.2) is 6.61 Å². The molecule has 5 aromatic rings. The van der Waals surface area contributed by atoms with Crippen LogP contribution in [0.25, 0.3) is 16.9 Å². The monoisotopic (exact) mass is 740 g/mol. The van der Waals surface area contributed by atoms with Crippen molar-refractivity contribution >= 4 is 39.3 Å². The Kier molecular flexibility index (Phi) is 9.38. The number of amides is 2. The Labute approximate surface area is 284 Å². The lowest BCUT2D eigenvalue weighted by molar-refractivity contribution is -0.153. The summed E-state index contributed by atoms with van der Waals surface area (Å²) in [6.45, 7) is -1.20. The number of ether oxygens (including phenoxy) is 1. The molecule has 1 N–H and O–H groups in total. The van der Waals surface area contributed by atoms with Crippen molar-refractivity contribution in [3.8, 4) is 22.7 Å². The molecule has 0 aliphatic carbocycles. The van der Waals surface area contributed by atoms with Crippen LogP contribution in [0, 0.1) is 0 Å². The predicted molar refractivity (Wildman–Crippen MR) is 174 cm³/mol. The highest BCUT2D eigenvalue weighted by atomic mass is 79.9. The molecule has 0 radical (unpaired) electrons. The van der Waals surface area contributed by atoms with Gasteiger partial charge in [0.1, 0.15) is 17.8 Å². The number of rotatable bonds is 8. The Balaban J connectivity index is 1.36. The normalized spacial score (nSPS) is 12.8. The van der Waals surface area contributed by atoms with Gasteiger partial charge in [0.2, 0.25) is 0 Å². The molecule has 3 aromatic carbocycles. The molecule has 0 saturated heterocycles. The van der Waals surface area contributed by atoms with Crippen molar-refractivity contribution in [2.45, 2.75) is 25.8 Å². The number of benzene rings is 3. The first-order valence-electron chi connectivity index (χ1n) is 14.5. The number of halogens is 5. The van der Waals surface area contributed by atoms with Gasteiger partial charge in [-0.2, -0.15) is 13.2 Å². The largest absolute Gasteiger partial charge is 0.484 e. The van der Waals surface area contributed by atoms with Crippen molar-refractivity contribution < 1.29 is 27.5 Å². The van der Waals surface area contributed by atoms with E-state index in [-0.39, 0.29) is 49.2 Å². The average Bonchev–Trinajstić information content (AvgIpc) is 3.39. The SMILES string of the molecule is O=C(NCc1ccccc1-c1ccncn1)c1c2n(c(=O)n1-c1ccc(OCC(F)(F)F)cc1)CCN(C(=O)c1ccc(Br)c(Cl)c1)C2. The van der Waals surface area contributed by atoms with Gasteiger partial charge in [0.05, 0.1) is 28.6 Å². The Hall–Kier alpha value is -4.95. The number of carbonyl (C=O) groups is 2. The summed E-state index contributed by atoms with van der Waals surface area (Å²) in [7, 11) is 0. The van der Waals surface area contributed by atoms with Crippen LogP contribution >= 0.6 is 27.5 Å². The summed E-state index contributed by atoms with van der Waals surface area (Å²) >= 11 is 9.55. The van der Waals surface area contributed by atoms with Crippen LogP contribution in [-0.4, -0.2) is 55.1 Å². The van der Waals surface area contributed by atoms with E-state index >= 15 is 0 Å². The van der Waals surface area contributed by atoms with E-state index in [0.717, 1.165) is 11.1 Å². The lowest BCUT2D eigenvalue weighted by Crippen LogP contribution is -2.41. The van der Waals surface area contributed by atoms with Crippen molar-refractivity contribution in [3.05, 3.63) is 128 Å². The molecule has 0 saturated carbocycles. The van der Waals surface area contributed by atoms with E-state index in [0.29, 0.717) is 26.4 Å². The van der Waals surface area contributed by atoms with Gasteiger partial charge in [-0.15, -0.1) is 0 Å². The summed E-state index contributed by atoms with van der Waals surface area (Å²) in [5.74, 6) is -1.01. The molecule has 6 rings (SSSR count). The topological polar surface area (TPSA) is 111 Å². The molecule has 0 bridgehead atoms. The number of nitrogens with zero attached hydrogens (tertiary/aromatic N) is 5. The molecule has 1 aliphatic heterocycles. The number of nitrogens with one attached hydrogen (secondary N) is 1. The molecule has 246 valence electrons. The molecule has 0 spiro atoms. The van der Waals surface area contributed by atoms with E-state index < -0.39 is 24.4 Å². The molecular formula is C33H25BrClF3N6O4. The van der Waals surface area contributed by atoms with E-state index in [1.807, 2.05) is 24.3 Å². The fourth-order valence-electron chi connectivity index (χ4n) is 5.41. The Bertz CT molecular complexity index is 2050. The van der Waals surface area contributed by atoms with Crippen molar-refractivity contribution in [1.82, 2.24) is 29.3 Å². The van der Waals surface area contributed by atoms with Crippen molar-refractivity contribution in [2.75, 3.05) is 13.2 Å². The second kappa shape index (κ2) is 13.6. The summed E-state index contributed by atoms with van der Waals surface area (Å²) in [4.78, 5) is 51.2. The predicted octanol–water partition coefficient (Wildman–Crippen LogP) is 6.04. The molecule has 0 unspecified atom stereocenters. The van der Waals surface area contributed by atoms with Crippen molar-refractivity contribution in [3.63, 3.8) is 0 Å². The van der Waals surface area contributed by atoms with Gasteiger partial charge in [-0.25, -0.2) is 14.8 Å². The minimum atomic E-state index is -4.53. The highest BCUT2D eigenvalue weighted by molar-refractivity contribution is 9.10. The molecular weight excluding hydrogens is 717 g/mol. The zero-order chi connectivity index (χ0) is 34.0. The van der Waals surface area contributed by atoms with Gasteiger partial charge < -0.3 is 15.0 Å². The summed E-state index contributed by atoms with van der Waals surface area (Å²) < 4.78 is 46.2. The van der Waals surface area contributed by atoms with Gasteiger partial charge in [-0.1, -0.05) is 35.9 Å². The second-order valence-corrected chi connectivity index (χ2v) is 12.0.